The summed E-state index contributed by atoms with van der Waals surface area (Å²) >= 11 is 1.66. The molecule has 0 saturated carbocycles. The molecule has 0 aliphatic heterocycles. The summed E-state index contributed by atoms with van der Waals surface area (Å²) < 4.78 is 2.16. The van der Waals surface area contributed by atoms with Gasteiger partial charge in [0.15, 0.2) is 10.8 Å². The number of fused-ring (bicyclic) bond motifs is 1. The SMILES string of the molecule is CCN(c1ccccc1)c1nc2sccn2c1CC(C)N. The highest BCUT2D eigenvalue weighted by Gasteiger charge is 2.20. The summed E-state index contributed by atoms with van der Waals surface area (Å²) in [7, 11) is 0. The third-order valence-corrected chi connectivity index (χ3v) is 4.25. The molecule has 21 heavy (non-hydrogen) atoms. The third-order valence-electron chi connectivity index (χ3n) is 3.50. The molecule has 5 heteroatoms. The Kier molecular flexibility index (Phi) is 3.94. The summed E-state index contributed by atoms with van der Waals surface area (Å²) in [5, 5.41) is 2.07. The molecule has 0 aliphatic rings. The topological polar surface area (TPSA) is 46.6 Å². The lowest BCUT2D eigenvalue weighted by molar-refractivity contribution is 0.716. The van der Waals surface area contributed by atoms with Crippen molar-refractivity contribution in [1.29, 1.82) is 0 Å². The maximum atomic E-state index is 6.04. The van der Waals surface area contributed by atoms with Gasteiger partial charge in [0.05, 0.1) is 5.69 Å². The first kappa shape index (κ1) is 14.1. The van der Waals surface area contributed by atoms with E-state index in [9.17, 15) is 0 Å². The van der Waals surface area contributed by atoms with Gasteiger partial charge in [0.1, 0.15) is 0 Å². The number of aromatic nitrogens is 2. The lowest BCUT2D eigenvalue weighted by Gasteiger charge is -2.22. The van der Waals surface area contributed by atoms with Crippen LogP contribution in [-0.4, -0.2) is 22.0 Å². The van der Waals surface area contributed by atoms with Crippen LogP contribution >= 0.6 is 11.3 Å². The van der Waals surface area contributed by atoms with Gasteiger partial charge in [-0.15, -0.1) is 11.3 Å². The second kappa shape index (κ2) is 5.87. The molecule has 2 N–H and O–H groups in total. The number of benzene rings is 1. The Morgan fingerprint density at radius 1 is 1.33 bits per heavy atom. The molecule has 1 atom stereocenters. The zero-order valence-electron chi connectivity index (χ0n) is 12.4. The van der Waals surface area contributed by atoms with Crippen LogP contribution in [0.25, 0.3) is 4.96 Å². The van der Waals surface area contributed by atoms with E-state index in [1.165, 1.54) is 5.69 Å². The van der Waals surface area contributed by atoms with E-state index in [0.29, 0.717) is 0 Å². The molecule has 1 unspecified atom stereocenters. The fraction of sp³-hybridized carbons (Fsp3) is 0.312. The zero-order chi connectivity index (χ0) is 14.8. The van der Waals surface area contributed by atoms with E-state index in [1.54, 1.807) is 11.3 Å². The molecular weight excluding hydrogens is 280 g/mol. The minimum absolute atomic E-state index is 0.109. The van der Waals surface area contributed by atoms with Gasteiger partial charge >= 0.3 is 0 Å². The molecule has 0 spiro atoms. The summed E-state index contributed by atoms with van der Waals surface area (Å²) in [4.78, 5) is 8.10. The van der Waals surface area contributed by atoms with Crippen molar-refractivity contribution in [3.05, 3.63) is 47.6 Å². The van der Waals surface area contributed by atoms with Crippen molar-refractivity contribution in [2.45, 2.75) is 26.3 Å². The molecule has 4 nitrogen and oxygen atoms in total. The summed E-state index contributed by atoms with van der Waals surface area (Å²) in [6.07, 6.45) is 2.89. The van der Waals surface area contributed by atoms with Gasteiger partial charge in [-0.1, -0.05) is 18.2 Å². The molecule has 3 rings (SSSR count). The molecule has 2 aromatic heterocycles. The molecular formula is C16H20N4S. The Labute approximate surface area is 128 Å². The fourth-order valence-electron chi connectivity index (χ4n) is 2.59. The number of nitrogens with two attached hydrogens (primary N) is 1. The van der Waals surface area contributed by atoms with Gasteiger partial charge in [0.25, 0.3) is 0 Å². The molecule has 0 fully saturated rings. The van der Waals surface area contributed by atoms with E-state index < -0.39 is 0 Å². The van der Waals surface area contributed by atoms with Gasteiger partial charge in [-0.05, 0) is 26.0 Å². The van der Waals surface area contributed by atoms with Crippen molar-refractivity contribution in [3.63, 3.8) is 0 Å². The van der Waals surface area contributed by atoms with Crippen molar-refractivity contribution in [3.8, 4) is 0 Å². The lowest BCUT2D eigenvalue weighted by atomic mass is 10.2. The van der Waals surface area contributed by atoms with Gasteiger partial charge in [-0.25, -0.2) is 4.98 Å². The number of nitrogens with zero attached hydrogens (tertiary/aromatic N) is 3. The molecule has 110 valence electrons. The van der Waals surface area contributed by atoms with Crippen LogP contribution in [0.5, 0.6) is 0 Å². The van der Waals surface area contributed by atoms with E-state index in [2.05, 4.69) is 52.1 Å². The van der Waals surface area contributed by atoms with Crippen LogP contribution in [0.1, 0.15) is 19.5 Å². The van der Waals surface area contributed by atoms with E-state index in [-0.39, 0.29) is 6.04 Å². The molecule has 0 bridgehead atoms. The second-order valence-electron chi connectivity index (χ2n) is 5.20. The molecule has 0 amide bonds. The number of hydrogen-bond acceptors (Lipinski definition) is 4. The Morgan fingerprint density at radius 3 is 2.76 bits per heavy atom. The van der Waals surface area contributed by atoms with Crippen LogP contribution in [0.3, 0.4) is 0 Å². The van der Waals surface area contributed by atoms with Crippen molar-refractivity contribution >= 4 is 27.8 Å². The number of anilines is 2. The summed E-state index contributed by atoms with van der Waals surface area (Å²) in [6.45, 7) is 5.06. The van der Waals surface area contributed by atoms with Crippen LogP contribution in [-0.2, 0) is 6.42 Å². The molecule has 3 aromatic rings. The van der Waals surface area contributed by atoms with E-state index >= 15 is 0 Å². The first-order valence-corrected chi connectivity index (χ1v) is 8.11. The van der Waals surface area contributed by atoms with Crippen molar-refractivity contribution < 1.29 is 0 Å². The minimum atomic E-state index is 0.109. The molecule has 0 radical (unpaired) electrons. The number of thiazole rings is 1. The van der Waals surface area contributed by atoms with Gasteiger partial charge in [-0.3, -0.25) is 4.40 Å². The van der Waals surface area contributed by atoms with Crippen LogP contribution < -0.4 is 10.6 Å². The highest BCUT2D eigenvalue weighted by Crippen LogP contribution is 2.30. The monoisotopic (exact) mass is 300 g/mol. The largest absolute Gasteiger partial charge is 0.328 e. The average Bonchev–Trinajstić information content (AvgIpc) is 3.04. The Hall–Kier alpha value is -1.85. The maximum Gasteiger partial charge on any atom is 0.195 e. The van der Waals surface area contributed by atoms with Gasteiger partial charge in [0, 0.05) is 36.3 Å². The highest BCUT2D eigenvalue weighted by molar-refractivity contribution is 7.15. The van der Waals surface area contributed by atoms with Gasteiger partial charge in [-0.2, -0.15) is 0 Å². The quantitative estimate of drug-likeness (QED) is 0.785. The molecule has 1 aromatic carbocycles. The molecule has 0 aliphatic carbocycles. The second-order valence-corrected chi connectivity index (χ2v) is 6.07. The average molecular weight is 300 g/mol. The third kappa shape index (κ3) is 2.66. The van der Waals surface area contributed by atoms with E-state index in [0.717, 1.165) is 29.4 Å². The normalized spacial score (nSPS) is 12.7. The zero-order valence-corrected chi connectivity index (χ0v) is 13.2. The van der Waals surface area contributed by atoms with E-state index in [4.69, 9.17) is 10.7 Å². The lowest BCUT2D eigenvalue weighted by Crippen LogP contribution is -2.23. The van der Waals surface area contributed by atoms with Crippen LogP contribution in [0.2, 0.25) is 0 Å². The molecule has 0 saturated heterocycles. The Morgan fingerprint density at radius 2 is 2.10 bits per heavy atom. The predicted molar refractivity (Wildman–Crippen MR) is 89.5 cm³/mol. The van der Waals surface area contributed by atoms with Crippen molar-refractivity contribution in [1.82, 2.24) is 9.38 Å². The first-order chi connectivity index (χ1) is 10.2. The fourth-order valence-corrected chi connectivity index (χ4v) is 3.32. The Balaban J connectivity index is 2.11. The van der Waals surface area contributed by atoms with Gasteiger partial charge < -0.3 is 10.6 Å². The smallest absolute Gasteiger partial charge is 0.195 e. The number of para-hydroxylation sites is 1. The van der Waals surface area contributed by atoms with E-state index in [1.807, 2.05) is 13.0 Å². The number of hydrogen-bond donors (Lipinski definition) is 1. The van der Waals surface area contributed by atoms with Crippen molar-refractivity contribution in [2.24, 2.45) is 5.73 Å². The van der Waals surface area contributed by atoms with Crippen LogP contribution in [0.15, 0.2) is 41.9 Å². The van der Waals surface area contributed by atoms with Crippen molar-refractivity contribution in [2.75, 3.05) is 11.4 Å². The number of rotatable bonds is 5. The number of imidazole rings is 1. The summed E-state index contributed by atoms with van der Waals surface area (Å²) in [6, 6.07) is 10.5. The maximum absolute atomic E-state index is 6.04. The van der Waals surface area contributed by atoms with Crippen LogP contribution in [0, 0.1) is 0 Å². The first-order valence-electron chi connectivity index (χ1n) is 7.23. The highest BCUT2D eigenvalue weighted by atomic mass is 32.1. The minimum Gasteiger partial charge on any atom is -0.328 e. The Bertz CT molecular complexity index is 714. The standard InChI is InChI=1S/C16H20N4S/c1-3-19(13-7-5-4-6-8-13)15-14(11-12(2)17)20-9-10-21-16(20)18-15/h4-10,12H,3,11,17H2,1-2H3. The predicted octanol–water partition coefficient (Wildman–Crippen LogP) is 3.44. The molecule has 2 heterocycles. The summed E-state index contributed by atoms with van der Waals surface area (Å²) in [5.41, 5.74) is 8.39. The summed E-state index contributed by atoms with van der Waals surface area (Å²) in [5.74, 6) is 1.02. The van der Waals surface area contributed by atoms with Gasteiger partial charge in [0.2, 0.25) is 0 Å². The van der Waals surface area contributed by atoms with Crippen LogP contribution in [0.4, 0.5) is 11.5 Å².